The maximum atomic E-state index is 4.28. The van der Waals surface area contributed by atoms with Crippen molar-refractivity contribution < 1.29 is 0 Å². The number of hydrogen-bond donors (Lipinski definition) is 1. The van der Waals surface area contributed by atoms with Crippen molar-refractivity contribution in [2.75, 3.05) is 19.6 Å². The fourth-order valence-corrected chi connectivity index (χ4v) is 3.23. The summed E-state index contributed by atoms with van der Waals surface area (Å²) in [4.78, 5) is 6.83. The highest BCUT2D eigenvalue weighted by atomic mass is 15.2. The van der Waals surface area contributed by atoms with Crippen LogP contribution in [0, 0.1) is 13.8 Å². The number of piperazine rings is 1. The van der Waals surface area contributed by atoms with Gasteiger partial charge in [0.15, 0.2) is 0 Å². The van der Waals surface area contributed by atoms with E-state index in [0.29, 0.717) is 6.04 Å². The van der Waals surface area contributed by atoms with Crippen LogP contribution in [0.15, 0.2) is 42.7 Å². The number of aryl methyl sites for hydroxylation is 2. The van der Waals surface area contributed by atoms with E-state index < -0.39 is 0 Å². The Morgan fingerprint density at radius 1 is 1.24 bits per heavy atom. The van der Waals surface area contributed by atoms with Crippen LogP contribution in [0.3, 0.4) is 0 Å². The van der Waals surface area contributed by atoms with Crippen LogP contribution in [0.1, 0.15) is 28.3 Å². The number of benzene rings is 1. The lowest BCUT2D eigenvalue weighted by molar-refractivity contribution is 0.153. The Balaban J connectivity index is 1.81. The average molecular weight is 281 g/mol. The summed E-state index contributed by atoms with van der Waals surface area (Å²) < 4.78 is 0. The molecule has 1 aromatic heterocycles. The molecule has 0 radical (unpaired) electrons. The van der Waals surface area contributed by atoms with Crippen LogP contribution < -0.4 is 5.32 Å². The van der Waals surface area contributed by atoms with Crippen molar-refractivity contribution in [3.05, 3.63) is 65.0 Å². The van der Waals surface area contributed by atoms with Gasteiger partial charge in [0, 0.05) is 44.6 Å². The van der Waals surface area contributed by atoms with E-state index in [9.17, 15) is 0 Å². The van der Waals surface area contributed by atoms with E-state index in [2.05, 4.69) is 53.3 Å². The molecule has 1 aromatic carbocycles. The van der Waals surface area contributed by atoms with E-state index in [1.54, 1.807) is 0 Å². The van der Waals surface area contributed by atoms with Crippen molar-refractivity contribution in [3.63, 3.8) is 0 Å². The number of pyridine rings is 1. The summed E-state index contributed by atoms with van der Waals surface area (Å²) >= 11 is 0. The van der Waals surface area contributed by atoms with Gasteiger partial charge in [-0.25, -0.2) is 0 Å². The van der Waals surface area contributed by atoms with Crippen molar-refractivity contribution in [1.82, 2.24) is 15.2 Å². The normalized spacial score (nSPS) is 19.6. The Labute approximate surface area is 127 Å². The van der Waals surface area contributed by atoms with Crippen LogP contribution in [0.5, 0.6) is 0 Å². The summed E-state index contributed by atoms with van der Waals surface area (Å²) in [5.41, 5.74) is 5.40. The molecule has 0 saturated carbocycles. The van der Waals surface area contributed by atoms with Crippen LogP contribution in [0.4, 0.5) is 0 Å². The lowest BCUT2D eigenvalue weighted by Gasteiger charge is -2.36. The molecule has 3 heteroatoms. The van der Waals surface area contributed by atoms with Gasteiger partial charge < -0.3 is 5.32 Å². The van der Waals surface area contributed by atoms with Gasteiger partial charge in [0.25, 0.3) is 0 Å². The quantitative estimate of drug-likeness (QED) is 0.937. The fraction of sp³-hybridized carbons (Fsp3) is 0.389. The van der Waals surface area contributed by atoms with Gasteiger partial charge in [-0.05, 0) is 31.0 Å². The molecule has 0 amide bonds. The summed E-state index contributed by atoms with van der Waals surface area (Å²) in [5.74, 6) is 0. The molecule has 1 aliphatic heterocycles. The minimum Gasteiger partial charge on any atom is -0.314 e. The van der Waals surface area contributed by atoms with Gasteiger partial charge in [0.05, 0.1) is 0 Å². The number of rotatable bonds is 3. The first kappa shape index (κ1) is 14.2. The molecule has 110 valence electrons. The Morgan fingerprint density at radius 2 is 2.05 bits per heavy atom. The Morgan fingerprint density at radius 3 is 2.76 bits per heavy atom. The zero-order valence-corrected chi connectivity index (χ0v) is 12.8. The molecule has 0 aliphatic carbocycles. The van der Waals surface area contributed by atoms with Gasteiger partial charge in [-0.15, -0.1) is 0 Å². The van der Waals surface area contributed by atoms with Crippen molar-refractivity contribution in [1.29, 1.82) is 0 Å². The molecule has 1 N–H and O–H groups in total. The summed E-state index contributed by atoms with van der Waals surface area (Å²) in [7, 11) is 0. The molecule has 0 spiro atoms. The molecule has 0 bridgehead atoms. The second-order valence-electron chi connectivity index (χ2n) is 5.97. The first-order valence-corrected chi connectivity index (χ1v) is 7.64. The van der Waals surface area contributed by atoms with Crippen molar-refractivity contribution in [2.45, 2.75) is 26.4 Å². The maximum Gasteiger partial charge on any atom is 0.0491 e. The van der Waals surface area contributed by atoms with Crippen molar-refractivity contribution in [2.24, 2.45) is 0 Å². The van der Waals surface area contributed by atoms with Gasteiger partial charge >= 0.3 is 0 Å². The van der Waals surface area contributed by atoms with E-state index in [4.69, 9.17) is 0 Å². The van der Waals surface area contributed by atoms with Crippen LogP contribution in [0.25, 0.3) is 0 Å². The van der Waals surface area contributed by atoms with Gasteiger partial charge in [-0.2, -0.15) is 0 Å². The highest BCUT2D eigenvalue weighted by molar-refractivity contribution is 5.29. The zero-order valence-electron chi connectivity index (χ0n) is 12.8. The molecule has 21 heavy (non-hydrogen) atoms. The number of aromatic nitrogens is 1. The van der Waals surface area contributed by atoms with Crippen molar-refractivity contribution >= 4 is 0 Å². The molecule has 2 heterocycles. The minimum absolute atomic E-state index is 0.410. The van der Waals surface area contributed by atoms with Crippen molar-refractivity contribution in [3.8, 4) is 0 Å². The standard InChI is InChI=1S/C18H23N3/c1-14-8-15(2)10-16(9-14)13-21-7-6-20-12-18(21)17-4-3-5-19-11-17/h3-5,8-11,18,20H,6-7,12-13H2,1-2H3. The van der Waals surface area contributed by atoms with Gasteiger partial charge in [-0.1, -0.05) is 35.4 Å². The average Bonchev–Trinajstić information content (AvgIpc) is 2.48. The molecular formula is C18H23N3. The van der Waals surface area contributed by atoms with Gasteiger partial charge in [0.1, 0.15) is 0 Å². The number of nitrogens with zero attached hydrogens (tertiary/aromatic N) is 2. The van der Waals surface area contributed by atoms with E-state index in [0.717, 1.165) is 26.2 Å². The zero-order chi connectivity index (χ0) is 14.7. The SMILES string of the molecule is Cc1cc(C)cc(CN2CCNCC2c2cccnc2)c1. The highest BCUT2D eigenvalue weighted by Gasteiger charge is 2.23. The maximum absolute atomic E-state index is 4.28. The van der Waals surface area contributed by atoms with Crippen LogP contribution in [0.2, 0.25) is 0 Å². The first-order valence-electron chi connectivity index (χ1n) is 7.64. The Bertz CT molecular complexity index is 574. The molecule has 1 aliphatic rings. The first-order chi connectivity index (χ1) is 10.2. The number of hydrogen-bond acceptors (Lipinski definition) is 3. The highest BCUT2D eigenvalue weighted by Crippen LogP contribution is 2.24. The fourth-order valence-electron chi connectivity index (χ4n) is 3.23. The second-order valence-corrected chi connectivity index (χ2v) is 5.97. The lowest BCUT2D eigenvalue weighted by atomic mass is 10.0. The van der Waals surface area contributed by atoms with E-state index in [-0.39, 0.29) is 0 Å². The Hall–Kier alpha value is -1.71. The number of nitrogens with one attached hydrogen (secondary N) is 1. The molecule has 1 atom stereocenters. The summed E-state index contributed by atoms with van der Waals surface area (Å²) in [5, 5.41) is 3.50. The largest absolute Gasteiger partial charge is 0.314 e. The summed E-state index contributed by atoms with van der Waals surface area (Å²) in [6, 6.07) is 11.5. The van der Waals surface area contributed by atoms with Crippen LogP contribution in [-0.4, -0.2) is 29.5 Å². The molecule has 1 unspecified atom stereocenters. The smallest absolute Gasteiger partial charge is 0.0491 e. The van der Waals surface area contributed by atoms with E-state index in [1.165, 1.54) is 22.3 Å². The molecule has 1 fully saturated rings. The van der Waals surface area contributed by atoms with Crippen LogP contribution >= 0.6 is 0 Å². The molecular weight excluding hydrogens is 258 g/mol. The van der Waals surface area contributed by atoms with E-state index in [1.807, 2.05) is 18.5 Å². The predicted octanol–water partition coefficient (Wildman–Crippen LogP) is 2.84. The summed E-state index contributed by atoms with van der Waals surface area (Å²) in [6.07, 6.45) is 3.83. The molecule has 1 saturated heterocycles. The second kappa shape index (κ2) is 6.37. The monoisotopic (exact) mass is 281 g/mol. The van der Waals surface area contributed by atoms with Crippen LogP contribution in [-0.2, 0) is 6.54 Å². The topological polar surface area (TPSA) is 28.2 Å². The minimum atomic E-state index is 0.410. The molecule has 3 rings (SSSR count). The Kier molecular flexibility index (Phi) is 4.32. The third kappa shape index (κ3) is 3.49. The lowest BCUT2D eigenvalue weighted by Crippen LogP contribution is -2.45. The third-order valence-electron chi connectivity index (χ3n) is 4.09. The van der Waals surface area contributed by atoms with Gasteiger partial charge in [-0.3, -0.25) is 9.88 Å². The van der Waals surface area contributed by atoms with Gasteiger partial charge in [0.2, 0.25) is 0 Å². The predicted molar refractivity (Wildman–Crippen MR) is 86.2 cm³/mol. The molecule has 3 nitrogen and oxygen atoms in total. The summed E-state index contributed by atoms with van der Waals surface area (Å²) in [6.45, 7) is 8.48. The van der Waals surface area contributed by atoms with E-state index >= 15 is 0 Å². The molecule has 2 aromatic rings. The third-order valence-corrected chi connectivity index (χ3v) is 4.09.